The molecule has 23 heavy (non-hydrogen) atoms. The maximum Gasteiger partial charge on any atom is 0.488 e. The van der Waals surface area contributed by atoms with Gasteiger partial charge in [-0.05, 0) is 37.5 Å². The van der Waals surface area contributed by atoms with Crippen molar-refractivity contribution in [2.45, 2.75) is 27.3 Å². The molecule has 0 amide bonds. The van der Waals surface area contributed by atoms with Crippen molar-refractivity contribution in [3.8, 4) is 18.1 Å². The van der Waals surface area contributed by atoms with Gasteiger partial charge in [-0.3, -0.25) is 4.90 Å². The fraction of sp³-hybridized carbons (Fsp3) is 0.500. The Morgan fingerprint density at radius 1 is 1.22 bits per heavy atom. The maximum atomic E-state index is 13.0. The van der Waals surface area contributed by atoms with Crippen molar-refractivity contribution < 1.29 is 16.5 Å². The van der Waals surface area contributed by atoms with Crippen LogP contribution in [0.5, 0.6) is 5.75 Å². The van der Waals surface area contributed by atoms with E-state index < -0.39 is 10.5 Å². The van der Waals surface area contributed by atoms with Crippen LogP contribution in [0.4, 0.5) is 3.89 Å². The second-order valence-corrected chi connectivity index (χ2v) is 6.66. The second-order valence-electron chi connectivity index (χ2n) is 5.70. The van der Waals surface area contributed by atoms with E-state index in [1.807, 2.05) is 6.92 Å². The quantitative estimate of drug-likeness (QED) is 0.666. The third-order valence-electron chi connectivity index (χ3n) is 4.26. The Morgan fingerprint density at radius 2 is 1.83 bits per heavy atom. The number of nitrogens with zero attached hydrogens (tertiary/aromatic N) is 1. The van der Waals surface area contributed by atoms with Crippen molar-refractivity contribution in [2.24, 2.45) is 0 Å². The topological polar surface area (TPSA) is 58.6 Å². The maximum absolute atomic E-state index is 13.0. The van der Waals surface area contributed by atoms with Gasteiger partial charge in [-0.2, -0.15) is 8.42 Å². The largest absolute Gasteiger partial charge is 0.488 e. The molecule has 2 rings (SSSR count). The van der Waals surface area contributed by atoms with Gasteiger partial charge in [-0.15, -0.1) is 6.42 Å². The van der Waals surface area contributed by atoms with Gasteiger partial charge >= 0.3 is 10.5 Å². The Labute approximate surface area is 137 Å². The average Bonchev–Trinajstić information content (AvgIpc) is 2.49. The summed E-state index contributed by atoms with van der Waals surface area (Å²) in [5.41, 5.74) is 3.43. The van der Waals surface area contributed by atoms with Gasteiger partial charge in [0.25, 0.3) is 0 Å². The van der Waals surface area contributed by atoms with Gasteiger partial charge in [0.2, 0.25) is 0 Å². The molecule has 0 bridgehead atoms. The minimum absolute atomic E-state index is 0.00353. The molecule has 0 saturated carbocycles. The monoisotopic (exact) mass is 340 g/mol. The highest BCUT2D eigenvalue weighted by molar-refractivity contribution is 7.81. The lowest BCUT2D eigenvalue weighted by Gasteiger charge is -2.29. The third-order valence-corrected chi connectivity index (χ3v) is 4.62. The molecule has 0 unspecified atom stereocenters. The smallest absolute Gasteiger partial charge is 0.358 e. The van der Waals surface area contributed by atoms with Crippen LogP contribution in [0.1, 0.15) is 27.8 Å². The molecule has 1 aliphatic rings. The number of rotatable bonds is 4. The molecule has 0 aliphatic carbocycles. The molecule has 1 aromatic carbocycles. The molecule has 126 valence electrons. The summed E-state index contributed by atoms with van der Waals surface area (Å²) in [5, 5.41) is 3.28. The van der Waals surface area contributed by atoms with E-state index in [1.54, 1.807) is 13.8 Å². The number of benzene rings is 1. The molecule has 1 aromatic rings. The number of terminal acetylenes is 1. The molecule has 0 radical (unpaired) electrons. The van der Waals surface area contributed by atoms with Gasteiger partial charge in [-0.1, -0.05) is 9.81 Å². The van der Waals surface area contributed by atoms with Crippen molar-refractivity contribution in [2.75, 3.05) is 26.2 Å². The minimum atomic E-state index is -5.10. The summed E-state index contributed by atoms with van der Waals surface area (Å²) in [6.07, 6.45) is 5.56. The second kappa shape index (κ2) is 6.87. The zero-order chi connectivity index (χ0) is 17.2. The number of nitrogens with one attached hydrogen (secondary N) is 1. The first-order chi connectivity index (χ1) is 10.7. The van der Waals surface area contributed by atoms with Crippen molar-refractivity contribution in [3.05, 3.63) is 27.8 Å². The zero-order valence-corrected chi connectivity index (χ0v) is 14.4. The predicted molar refractivity (Wildman–Crippen MR) is 87.4 cm³/mol. The van der Waals surface area contributed by atoms with Crippen LogP contribution in [0.3, 0.4) is 0 Å². The fourth-order valence-electron chi connectivity index (χ4n) is 3.02. The standard InChI is InChI=1S/C16H21FN2O3S/c1-5-14-11(2)15(10-19-8-6-18-7-9-19)13(4)16(12(14)3)22-23(17,20)21/h1,18H,6-10H2,2-4H3. The van der Waals surface area contributed by atoms with Gasteiger partial charge < -0.3 is 9.50 Å². The highest BCUT2D eigenvalue weighted by atomic mass is 32.3. The Bertz CT molecular complexity index is 748. The molecule has 0 spiro atoms. The van der Waals surface area contributed by atoms with Gasteiger partial charge in [0.1, 0.15) is 0 Å². The average molecular weight is 340 g/mol. The Hall–Kier alpha value is -1.62. The molecule has 1 N–H and O–H groups in total. The van der Waals surface area contributed by atoms with Gasteiger partial charge in [-0.25, -0.2) is 0 Å². The summed E-state index contributed by atoms with van der Waals surface area (Å²) >= 11 is 0. The Morgan fingerprint density at radius 3 is 2.35 bits per heavy atom. The minimum Gasteiger partial charge on any atom is -0.358 e. The van der Waals surface area contributed by atoms with Crippen LogP contribution in [-0.2, 0) is 17.0 Å². The van der Waals surface area contributed by atoms with E-state index in [2.05, 4.69) is 20.3 Å². The zero-order valence-electron chi connectivity index (χ0n) is 13.6. The summed E-state index contributed by atoms with van der Waals surface area (Å²) < 4.78 is 39.5. The normalized spacial score (nSPS) is 16.1. The Balaban J connectivity index is 2.52. The van der Waals surface area contributed by atoms with Crippen LogP contribution < -0.4 is 9.50 Å². The van der Waals surface area contributed by atoms with E-state index in [0.717, 1.165) is 37.3 Å². The van der Waals surface area contributed by atoms with E-state index in [0.29, 0.717) is 23.2 Å². The fourth-order valence-corrected chi connectivity index (χ4v) is 3.47. The molecular weight excluding hydrogens is 319 g/mol. The summed E-state index contributed by atoms with van der Waals surface area (Å²) in [6.45, 7) is 9.47. The van der Waals surface area contributed by atoms with Crippen molar-refractivity contribution in [1.29, 1.82) is 0 Å². The molecule has 0 atom stereocenters. The lowest BCUT2D eigenvalue weighted by molar-refractivity contribution is 0.232. The molecule has 1 heterocycles. The van der Waals surface area contributed by atoms with Crippen LogP contribution in [0.25, 0.3) is 0 Å². The van der Waals surface area contributed by atoms with Crippen molar-refractivity contribution >= 4 is 10.5 Å². The van der Waals surface area contributed by atoms with Gasteiger partial charge in [0, 0.05) is 43.9 Å². The lowest BCUT2D eigenvalue weighted by atomic mass is 9.92. The number of halogens is 1. The van der Waals surface area contributed by atoms with E-state index in [4.69, 9.17) is 6.42 Å². The van der Waals surface area contributed by atoms with Gasteiger partial charge in [0.05, 0.1) is 0 Å². The molecule has 1 saturated heterocycles. The van der Waals surface area contributed by atoms with E-state index in [1.165, 1.54) is 0 Å². The summed E-state index contributed by atoms with van der Waals surface area (Å²) in [4.78, 5) is 2.25. The molecule has 1 fully saturated rings. The van der Waals surface area contributed by atoms with Crippen LogP contribution in [-0.4, -0.2) is 39.5 Å². The van der Waals surface area contributed by atoms with Crippen LogP contribution >= 0.6 is 0 Å². The molecule has 5 nitrogen and oxygen atoms in total. The molecule has 7 heteroatoms. The number of hydrogen-bond donors (Lipinski definition) is 1. The van der Waals surface area contributed by atoms with E-state index >= 15 is 0 Å². The highest BCUT2D eigenvalue weighted by Crippen LogP contribution is 2.34. The van der Waals surface area contributed by atoms with Crippen LogP contribution in [0.15, 0.2) is 0 Å². The summed E-state index contributed by atoms with van der Waals surface area (Å²) in [5.74, 6) is 2.56. The third kappa shape index (κ3) is 4.02. The summed E-state index contributed by atoms with van der Waals surface area (Å²) in [6, 6.07) is 0. The molecule has 0 aromatic heterocycles. The number of piperazine rings is 1. The first-order valence-corrected chi connectivity index (χ1v) is 8.72. The Kier molecular flexibility index (Phi) is 5.30. The van der Waals surface area contributed by atoms with Crippen LogP contribution in [0, 0.1) is 33.1 Å². The predicted octanol–water partition coefficient (Wildman–Crippen LogP) is 1.59. The lowest BCUT2D eigenvalue weighted by Crippen LogP contribution is -2.43. The van der Waals surface area contributed by atoms with Crippen molar-refractivity contribution in [3.63, 3.8) is 0 Å². The van der Waals surface area contributed by atoms with Gasteiger partial charge in [0.15, 0.2) is 5.75 Å². The van der Waals surface area contributed by atoms with E-state index in [9.17, 15) is 12.3 Å². The first kappa shape index (κ1) is 17.7. The summed E-state index contributed by atoms with van der Waals surface area (Å²) in [7, 11) is -5.10. The first-order valence-electron chi connectivity index (χ1n) is 7.41. The van der Waals surface area contributed by atoms with Crippen LogP contribution in [0.2, 0.25) is 0 Å². The highest BCUT2D eigenvalue weighted by Gasteiger charge is 2.23. The molecule has 1 aliphatic heterocycles. The van der Waals surface area contributed by atoms with E-state index in [-0.39, 0.29) is 5.75 Å². The molecular formula is C16H21FN2O3S. The SMILES string of the molecule is C#Cc1c(C)c(CN2CCNCC2)c(C)c(OS(=O)(=O)F)c1C. The number of hydrogen-bond acceptors (Lipinski definition) is 5. The van der Waals surface area contributed by atoms with Crippen molar-refractivity contribution in [1.82, 2.24) is 10.2 Å².